The van der Waals surface area contributed by atoms with Crippen LogP contribution in [0.3, 0.4) is 0 Å². The second kappa shape index (κ2) is 9.46. The van der Waals surface area contributed by atoms with Gasteiger partial charge in [-0.2, -0.15) is 0 Å². The van der Waals surface area contributed by atoms with E-state index in [2.05, 4.69) is 25.0 Å². The molecule has 1 aliphatic rings. The number of ether oxygens (including phenoxy) is 1. The van der Waals surface area contributed by atoms with Crippen molar-refractivity contribution >= 4 is 27.4 Å². The highest BCUT2D eigenvalue weighted by Crippen LogP contribution is 2.29. The monoisotopic (exact) mass is 448 g/mol. The molecule has 10 nitrogen and oxygen atoms in total. The summed E-state index contributed by atoms with van der Waals surface area (Å²) in [6.07, 6.45) is 4.23. The molecular formula is C20H28N6O4S. The summed E-state index contributed by atoms with van der Waals surface area (Å²) >= 11 is 0. The molecule has 0 atom stereocenters. The molecule has 0 radical (unpaired) electrons. The summed E-state index contributed by atoms with van der Waals surface area (Å²) < 4.78 is 32.4. The maximum atomic E-state index is 12.6. The van der Waals surface area contributed by atoms with Crippen molar-refractivity contribution in [1.82, 2.24) is 20.3 Å². The number of rotatable bonds is 10. The molecule has 0 aromatic carbocycles. The van der Waals surface area contributed by atoms with Gasteiger partial charge >= 0.3 is 0 Å². The van der Waals surface area contributed by atoms with Crippen LogP contribution in [-0.4, -0.2) is 55.2 Å². The number of sulfonamides is 1. The minimum Gasteiger partial charge on any atom is -0.475 e. The van der Waals surface area contributed by atoms with Gasteiger partial charge in [0.15, 0.2) is 5.82 Å². The molecule has 2 aromatic heterocycles. The lowest BCUT2D eigenvalue weighted by Crippen LogP contribution is -2.26. The highest BCUT2D eigenvalue weighted by Gasteiger charge is 2.35. The summed E-state index contributed by atoms with van der Waals surface area (Å²) in [6.45, 7) is 4.67. The first-order valence-electron chi connectivity index (χ1n) is 10.1. The molecule has 2 aromatic rings. The van der Waals surface area contributed by atoms with Gasteiger partial charge in [0, 0.05) is 20.3 Å². The quantitative estimate of drug-likeness (QED) is 0.563. The summed E-state index contributed by atoms with van der Waals surface area (Å²) in [5, 5.41) is 2.42. The van der Waals surface area contributed by atoms with Crippen molar-refractivity contribution in [2.24, 2.45) is 5.92 Å². The van der Waals surface area contributed by atoms with E-state index >= 15 is 0 Å². The van der Waals surface area contributed by atoms with Crippen LogP contribution in [-0.2, 0) is 16.6 Å². The number of carbonyl (C=O) groups is 1. The minimum atomic E-state index is -3.36. The van der Waals surface area contributed by atoms with E-state index in [4.69, 9.17) is 4.74 Å². The van der Waals surface area contributed by atoms with Crippen molar-refractivity contribution in [3.05, 3.63) is 35.9 Å². The molecule has 1 fully saturated rings. The molecule has 1 amide bonds. The van der Waals surface area contributed by atoms with Crippen LogP contribution in [0.5, 0.6) is 5.88 Å². The molecule has 11 heteroatoms. The Morgan fingerprint density at radius 1 is 1.29 bits per heavy atom. The first-order chi connectivity index (χ1) is 14.7. The van der Waals surface area contributed by atoms with Gasteiger partial charge in [0.05, 0.1) is 36.0 Å². The number of hydrogen-bond acceptors (Lipinski definition) is 8. The first kappa shape index (κ1) is 22.7. The van der Waals surface area contributed by atoms with Gasteiger partial charge in [0.1, 0.15) is 5.69 Å². The van der Waals surface area contributed by atoms with Gasteiger partial charge in [-0.3, -0.25) is 14.5 Å². The summed E-state index contributed by atoms with van der Waals surface area (Å²) in [7, 11) is 0.237. The summed E-state index contributed by atoms with van der Waals surface area (Å²) in [5.74, 6) is 0.740. The molecule has 2 heterocycles. The third kappa shape index (κ3) is 6.27. The van der Waals surface area contributed by atoms with Crippen molar-refractivity contribution in [3.8, 4) is 5.88 Å². The third-order valence-electron chi connectivity index (χ3n) is 4.40. The SMILES string of the molecule is CC(C)COc1ncc(C(=O)NCc2cc(NS(=O)(=O)C3CC3)ccn2)nc1N(C)C. The molecule has 1 aliphatic carbocycles. The van der Waals surface area contributed by atoms with E-state index in [1.165, 1.54) is 12.4 Å². The van der Waals surface area contributed by atoms with Crippen molar-refractivity contribution in [2.75, 3.05) is 30.3 Å². The fraction of sp³-hybridized carbons (Fsp3) is 0.500. The van der Waals surface area contributed by atoms with Crippen LogP contribution in [0.15, 0.2) is 24.5 Å². The topological polar surface area (TPSA) is 126 Å². The predicted molar refractivity (Wildman–Crippen MR) is 118 cm³/mol. The Hall–Kier alpha value is -2.95. The molecule has 168 valence electrons. The van der Waals surface area contributed by atoms with Gasteiger partial charge in [-0.1, -0.05) is 13.8 Å². The fourth-order valence-electron chi connectivity index (χ4n) is 2.64. The second-order valence-corrected chi connectivity index (χ2v) is 10.0. The van der Waals surface area contributed by atoms with Crippen molar-refractivity contribution < 1.29 is 17.9 Å². The van der Waals surface area contributed by atoms with Gasteiger partial charge in [-0.05, 0) is 30.9 Å². The smallest absolute Gasteiger partial charge is 0.271 e. The number of nitrogens with one attached hydrogen (secondary N) is 2. The number of aromatic nitrogens is 3. The highest BCUT2D eigenvalue weighted by atomic mass is 32.2. The first-order valence-corrected chi connectivity index (χ1v) is 11.6. The number of anilines is 2. The zero-order chi connectivity index (χ0) is 22.6. The summed E-state index contributed by atoms with van der Waals surface area (Å²) in [5.41, 5.74) is 1.08. The fourth-order valence-corrected chi connectivity index (χ4v) is 4.02. The highest BCUT2D eigenvalue weighted by molar-refractivity contribution is 7.93. The zero-order valence-corrected chi connectivity index (χ0v) is 18.9. The van der Waals surface area contributed by atoms with E-state index in [-0.39, 0.29) is 17.5 Å². The van der Waals surface area contributed by atoms with E-state index in [0.29, 0.717) is 48.4 Å². The normalized spacial score (nSPS) is 13.7. The predicted octanol–water partition coefficient (Wildman–Crippen LogP) is 1.81. The Labute approximate surface area is 182 Å². The van der Waals surface area contributed by atoms with Crippen LogP contribution in [0.25, 0.3) is 0 Å². The van der Waals surface area contributed by atoms with Crippen LogP contribution in [0.2, 0.25) is 0 Å². The Morgan fingerprint density at radius 2 is 2.03 bits per heavy atom. The average molecular weight is 449 g/mol. The van der Waals surface area contributed by atoms with Gasteiger partial charge in [-0.15, -0.1) is 0 Å². The molecule has 31 heavy (non-hydrogen) atoms. The van der Waals surface area contributed by atoms with Crippen LogP contribution in [0, 0.1) is 5.92 Å². The maximum absolute atomic E-state index is 12.6. The Kier molecular flexibility index (Phi) is 6.94. The number of nitrogens with zero attached hydrogens (tertiary/aromatic N) is 4. The molecule has 0 saturated heterocycles. The largest absolute Gasteiger partial charge is 0.475 e. The minimum absolute atomic E-state index is 0.113. The molecular weight excluding hydrogens is 420 g/mol. The van der Waals surface area contributed by atoms with Crippen molar-refractivity contribution in [3.63, 3.8) is 0 Å². The second-order valence-electron chi connectivity index (χ2n) is 8.05. The van der Waals surface area contributed by atoms with Crippen LogP contribution in [0.4, 0.5) is 11.5 Å². The molecule has 0 unspecified atom stereocenters. The van der Waals surface area contributed by atoms with Gasteiger partial charge in [0.25, 0.3) is 11.8 Å². The molecule has 0 bridgehead atoms. The van der Waals surface area contributed by atoms with E-state index in [9.17, 15) is 13.2 Å². The Morgan fingerprint density at radius 3 is 2.68 bits per heavy atom. The van der Waals surface area contributed by atoms with Gasteiger partial charge in [-0.25, -0.2) is 18.4 Å². The lowest BCUT2D eigenvalue weighted by molar-refractivity contribution is 0.0945. The number of carbonyl (C=O) groups excluding carboxylic acids is 1. The standard InChI is InChI=1S/C20H28N6O4S/c1-13(2)12-30-20-18(26(3)4)24-17(11-23-20)19(27)22-10-15-9-14(7-8-21-15)25-31(28,29)16-5-6-16/h7-9,11,13,16H,5-6,10,12H2,1-4H3,(H,21,25)(H,22,27). The van der Waals surface area contributed by atoms with E-state index in [1.807, 2.05) is 13.8 Å². The molecule has 0 aliphatic heterocycles. The average Bonchev–Trinajstić information content (AvgIpc) is 3.56. The van der Waals surface area contributed by atoms with E-state index < -0.39 is 15.9 Å². The Bertz CT molecular complexity index is 1040. The number of pyridine rings is 1. The zero-order valence-electron chi connectivity index (χ0n) is 18.1. The molecule has 0 spiro atoms. The van der Waals surface area contributed by atoms with Gasteiger partial charge < -0.3 is 15.0 Å². The van der Waals surface area contributed by atoms with E-state index in [1.54, 1.807) is 31.1 Å². The van der Waals surface area contributed by atoms with Crippen LogP contribution < -0.4 is 19.7 Å². The van der Waals surface area contributed by atoms with Gasteiger partial charge in [0.2, 0.25) is 10.0 Å². The number of hydrogen-bond donors (Lipinski definition) is 2. The van der Waals surface area contributed by atoms with Crippen LogP contribution in [0.1, 0.15) is 42.9 Å². The summed E-state index contributed by atoms with van der Waals surface area (Å²) in [4.78, 5) is 27.1. The van der Waals surface area contributed by atoms with E-state index in [0.717, 1.165) is 0 Å². The molecule has 3 rings (SSSR count). The molecule has 2 N–H and O–H groups in total. The summed E-state index contributed by atoms with van der Waals surface area (Å²) in [6, 6.07) is 3.18. The Balaban J connectivity index is 1.65. The maximum Gasteiger partial charge on any atom is 0.271 e. The molecule has 1 saturated carbocycles. The third-order valence-corrected chi connectivity index (χ3v) is 6.27. The lowest BCUT2D eigenvalue weighted by atomic mass is 10.2. The van der Waals surface area contributed by atoms with Crippen molar-refractivity contribution in [2.45, 2.75) is 38.5 Å². The van der Waals surface area contributed by atoms with Crippen LogP contribution >= 0.6 is 0 Å². The number of amides is 1. The lowest BCUT2D eigenvalue weighted by Gasteiger charge is -2.17. The van der Waals surface area contributed by atoms with Crippen molar-refractivity contribution in [1.29, 1.82) is 0 Å².